The second-order valence-electron chi connectivity index (χ2n) is 4.41. The van der Waals surface area contributed by atoms with Gasteiger partial charge in [-0.05, 0) is 30.7 Å². The molecule has 3 aromatic rings. The molecule has 4 heteroatoms. The summed E-state index contributed by atoms with van der Waals surface area (Å²) in [4.78, 5) is 4.57. The number of thiazole rings is 1. The minimum absolute atomic E-state index is 0.234. The van der Waals surface area contributed by atoms with Crippen LogP contribution in [0.2, 0.25) is 5.02 Å². The minimum Gasteiger partial charge on any atom is -0.355 e. The Balaban J connectivity index is 1.85. The van der Waals surface area contributed by atoms with Gasteiger partial charge in [0.1, 0.15) is 0 Å². The van der Waals surface area contributed by atoms with Gasteiger partial charge in [-0.25, -0.2) is 4.98 Å². The van der Waals surface area contributed by atoms with Gasteiger partial charge in [-0.15, -0.1) is 0 Å². The largest absolute Gasteiger partial charge is 0.355 e. The van der Waals surface area contributed by atoms with Crippen molar-refractivity contribution < 1.29 is 0 Å². The third kappa shape index (κ3) is 2.72. The van der Waals surface area contributed by atoms with Gasteiger partial charge in [0, 0.05) is 5.02 Å². The first-order valence-corrected chi connectivity index (χ1v) is 7.29. The predicted molar refractivity (Wildman–Crippen MR) is 83.1 cm³/mol. The fraction of sp³-hybridized carbons (Fsp3) is 0.133. The average Bonchev–Trinajstić information content (AvgIpc) is 2.81. The van der Waals surface area contributed by atoms with Crippen LogP contribution in [0.5, 0.6) is 0 Å². The van der Waals surface area contributed by atoms with Gasteiger partial charge in [0.2, 0.25) is 0 Å². The lowest BCUT2D eigenvalue weighted by atomic mass is 10.1. The van der Waals surface area contributed by atoms with Crippen LogP contribution in [0.1, 0.15) is 18.5 Å². The molecule has 0 fully saturated rings. The molecule has 0 amide bonds. The fourth-order valence-corrected chi connectivity index (χ4v) is 3.20. The molecule has 1 N–H and O–H groups in total. The Bertz CT molecular complexity index is 694. The van der Waals surface area contributed by atoms with Gasteiger partial charge >= 0.3 is 0 Å². The minimum atomic E-state index is 0.234. The van der Waals surface area contributed by atoms with E-state index < -0.39 is 0 Å². The smallest absolute Gasteiger partial charge is 0.184 e. The number of aromatic nitrogens is 1. The van der Waals surface area contributed by atoms with E-state index in [-0.39, 0.29) is 6.04 Å². The summed E-state index contributed by atoms with van der Waals surface area (Å²) in [6, 6.07) is 16.3. The van der Waals surface area contributed by atoms with E-state index in [9.17, 15) is 0 Å². The second-order valence-corrected chi connectivity index (χ2v) is 5.87. The van der Waals surface area contributed by atoms with Crippen molar-refractivity contribution >= 4 is 38.3 Å². The average molecular weight is 289 g/mol. The SMILES string of the molecule is CC(Nc1nc2ccc(Cl)cc2s1)c1ccccc1. The van der Waals surface area contributed by atoms with Crippen LogP contribution in [0.3, 0.4) is 0 Å². The number of halogens is 1. The lowest BCUT2D eigenvalue weighted by molar-refractivity contribution is 0.883. The first-order valence-electron chi connectivity index (χ1n) is 6.10. The zero-order valence-corrected chi connectivity index (χ0v) is 12.0. The molecular weight excluding hydrogens is 276 g/mol. The molecule has 19 heavy (non-hydrogen) atoms. The van der Waals surface area contributed by atoms with Gasteiger partial charge < -0.3 is 5.32 Å². The van der Waals surface area contributed by atoms with Crippen LogP contribution in [0.25, 0.3) is 10.2 Å². The number of rotatable bonds is 3. The second kappa shape index (κ2) is 5.19. The van der Waals surface area contributed by atoms with Crippen LogP contribution in [0.4, 0.5) is 5.13 Å². The monoisotopic (exact) mass is 288 g/mol. The van der Waals surface area contributed by atoms with E-state index in [4.69, 9.17) is 11.6 Å². The molecule has 96 valence electrons. The summed E-state index contributed by atoms with van der Waals surface area (Å²) < 4.78 is 1.11. The first kappa shape index (κ1) is 12.5. The topological polar surface area (TPSA) is 24.9 Å². The van der Waals surface area contributed by atoms with Crippen molar-refractivity contribution in [3.05, 3.63) is 59.1 Å². The van der Waals surface area contributed by atoms with Crippen molar-refractivity contribution in [2.45, 2.75) is 13.0 Å². The van der Waals surface area contributed by atoms with Gasteiger partial charge in [0.15, 0.2) is 5.13 Å². The molecule has 0 aliphatic heterocycles. The molecule has 1 atom stereocenters. The highest BCUT2D eigenvalue weighted by Gasteiger charge is 2.08. The van der Waals surface area contributed by atoms with E-state index in [1.54, 1.807) is 11.3 Å². The number of benzene rings is 2. The highest BCUT2D eigenvalue weighted by atomic mass is 35.5. The number of hydrogen-bond donors (Lipinski definition) is 1. The standard InChI is InChI=1S/C15H13ClN2S/c1-10(11-5-3-2-4-6-11)17-15-18-13-8-7-12(16)9-14(13)19-15/h2-10H,1H3,(H,17,18). The number of nitrogens with one attached hydrogen (secondary N) is 1. The highest BCUT2D eigenvalue weighted by Crippen LogP contribution is 2.30. The molecule has 0 saturated carbocycles. The molecule has 0 saturated heterocycles. The van der Waals surface area contributed by atoms with E-state index in [0.717, 1.165) is 20.4 Å². The van der Waals surface area contributed by atoms with Crippen LogP contribution < -0.4 is 5.32 Å². The molecule has 0 aliphatic carbocycles. The molecule has 1 unspecified atom stereocenters. The number of fused-ring (bicyclic) bond motifs is 1. The van der Waals surface area contributed by atoms with Crippen molar-refractivity contribution in [3.8, 4) is 0 Å². The third-order valence-electron chi connectivity index (χ3n) is 2.99. The summed E-state index contributed by atoms with van der Waals surface area (Å²) in [7, 11) is 0. The Labute approximate surface area is 121 Å². The quantitative estimate of drug-likeness (QED) is 0.723. The molecule has 0 bridgehead atoms. The van der Waals surface area contributed by atoms with Crippen LogP contribution in [0, 0.1) is 0 Å². The van der Waals surface area contributed by atoms with Gasteiger partial charge in [-0.1, -0.05) is 53.3 Å². The molecule has 3 rings (SSSR count). The van der Waals surface area contributed by atoms with Crippen LogP contribution in [-0.4, -0.2) is 4.98 Å². The van der Waals surface area contributed by atoms with E-state index in [2.05, 4.69) is 29.4 Å². The van der Waals surface area contributed by atoms with Crippen molar-refractivity contribution in [2.75, 3.05) is 5.32 Å². The molecule has 0 radical (unpaired) electrons. The predicted octanol–water partition coefficient (Wildman–Crippen LogP) is 5.12. The number of anilines is 1. The number of hydrogen-bond acceptors (Lipinski definition) is 3. The summed E-state index contributed by atoms with van der Waals surface area (Å²) in [5.41, 5.74) is 2.23. The van der Waals surface area contributed by atoms with Crippen LogP contribution in [0.15, 0.2) is 48.5 Å². The van der Waals surface area contributed by atoms with Crippen LogP contribution >= 0.6 is 22.9 Å². The van der Waals surface area contributed by atoms with Crippen molar-refractivity contribution in [1.29, 1.82) is 0 Å². The zero-order valence-electron chi connectivity index (χ0n) is 10.4. The Hall–Kier alpha value is -1.58. The summed E-state index contributed by atoms with van der Waals surface area (Å²) in [5, 5.41) is 5.10. The van der Waals surface area contributed by atoms with E-state index in [1.807, 2.05) is 36.4 Å². The Morgan fingerprint density at radius 2 is 1.95 bits per heavy atom. The molecule has 1 aromatic heterocycles. The number of nitrogens with zero attached hydrogens (tertiary/aromatic N) is 1. The summed E-state index contributed by atoms with van der Waals surface area (Å²) in [6.07, 6.45) is 0. The maximum atomic E-state index is 5.99. The van der Waals surface area contributed by atoms with Gasteiger partial charge in [-0.3, -0.25) is 0 Å². The lowest BCUT2D eigenvalue weighted by Gasteiger charge is -2.12. The van der Waals surface area contributed by atoms with Gasteiger partial charge in [0.25, 0.3) is 0 Å². The van der Waals surface area contributed by atoms with Crippen molar-refractivity contribution in [3.63, 3.8) is 0 Å². The van der Waals surface area contributed by atoms with Crippen molar-refractivity contribution in [1.82, 2.24) is 4.98 Å². The highest BCUT2D eigenvalue weighted by molar-refractivity contribution is 7.22. The van der Waals surface area contributed by atoms with Gasteiger partial charge in [0.05, 0.1) is 16.3 Å². The summed E-state index contributed by atoms with van der Waals surface area (Å²) >= 11 is 7.62. The Morgan fingerprint density at radius 3 is 2.74 bits per heavy atom. The van der Waals surface area contributed by atoms with E-state index in [0.29, 0.717) is 0 Å². The zero-order chi connectivity index (χ0) is 13.2. The third-order valence-corrected chi connectivity index (χ3v) is 4.17. The summed E-state index contributed by atoms with van der Waals surface area (Å²) in [5.74, 6) is 0. The summed E-state index contributed by atoms with van der Waals surface area (Å²) in [6.45, 7) is 2.13. The fourth-order valence-electron chi connectivity index (χ4n) is 1.97. The Kier molecular flexibility index (Phi) is 3.40. The maximum absolute atomic E-state index is 5.99. The normalized spacial score (nSPS) is 12.5. The molecule has 1 heterocycles. The molecule has 2 nitrogen and oxygen atoms in total. The molecule has 2 aromatic carbocycles. The van der Waals surface area contributed by atoms with Gasteiger partial charge in [-0.2, -0.15) is 0 Å². The first-order chi connectivity index (χ1) is 9.22. The van der Waals surface area contributed by atoms with Crippen LogP contribution in [-0.2, 0) is 0 Å². The van der Waals surface area contributed by atoms with Crippen molar-refractivity contribution in [2.24, 2.45) is 0 Å². The molecule has 0 aliphatic rings. The van der Waals surface area contributed by atoms with E-state index in [1.165, 1.54) is 5.56 Å². The molecular formula is C15H13ClN2S. The maximum Gasteiger partial charge on any atom is 0.184 e. The lowest BCUT2D eigenvalue weighted by Crippen LogP contribution is -2.05. The Morgan fingerprint density at radius 1 is 1.16 bits per heavy atom. The van der Waals surface area contributed by atoms with E-state index >= 15 is 0 Å². The molecule has 0 spiro atoms.